The lowest BCUT2D eigenvalue weighted by Gasteiger charge is -2.22. The van der Waals surface area contributed by atoms with Gasteiger partial charge in [-0.1, -0.05) is 13.8 Å². The molecule has 0 bridgehead atoms. The van der Waals surface area contributed by atoms with Crippen molar-refractivity contribution in [3.05, 3.63) is 28.3 Å². The van der Waals surface area contributed by atoms with Gasteiger partial charge in [-0.15, -0.1) is 0 Å². The van der Waals surface area contributed by atoms with E-state index in [2.05, 4.69) is 5.32 Å². The number of nitro benzene ring substituents is 1. The summed E-state index contributed by atoms with van der Waals surface area (Å²) in [7, 11) is 0. The summed E-state index contributed by atoms with van der Waals surface area (Å²) in [6.45, 7) is 6.48. The quantitative estimate of drug-likeness (QED) is 0.586. The molecule has 0 spiro atoms. The SMILES string of the molecule is CCOc1ccc(NCC(C)(C)CO)c([N+](=O)[O-])c1. The van der Waals surface area contributed by atoms with E-state index in [0.717, 1.165) is 0 Å². The Morgan fingerprint density at radius 3 is 2.68 bits per heavy atom. The zero-order valence-corrected chi connectivity index (χ0v) is 11.5. The third-order valence-electron chi connectivity index (χ3n) is 2.66. The van der Waals surface area contributed by atoms with Gasteiger partial charge in [-0.25, -0.2) is 0 Å². The summed E-state index contributed by atoms with van der Waals surface area (Å²) in [6, 6.07) is 4.71. The molecule has 6 nitrogen and oxygen atoms in total. The predicted octanol–water partition coefficient (Wildman–Crippen LogP) is 2.42. The lowest BCUT2D eigenvalue weighted by molar-refractivity contribution is -0.384. The first-order chi connectivity index (χ1) is 8.89. The Hall–Kier alpha value is -1.82. The Balaban J connectivity index is 2.91. The Labute approximate surface area is 112 Å². The number of hydrogen-bond donors (Lipinski definition) is 2. The molecule has 0 saturated heterocycles. The largest absolute Gasteiger partial charge is 0.494 e. The molecule has 0 atom stereocenters. The van der Waals surface area contributed by atoms with Gasteiger partial charge in [0.2, 0.25) is 0 Å². The molecule has 19 heavy (non-hydrogen) atoms. The van der Waals surface area contributed by atoms with Crippen molar-refractivity contribution < 1.29 is 14.8 Å². The Kier molecular flexibility index (Phi) is 5.11. The van der Waals surface area contributed by atoms with Gasteiger partial charge in [0.25, 0.3) is 5.69 Å². The second-order valence-electron chi connectivity index (χ2n) is 5.04. The molecule has 0 aromatic heterocycles. The Morgan fingerprint density at radius 1 is 1.47 bits per heavy atom. The van der Waals surface area contributed by atoms with Gasteiger partial charge in [0.1, 0.15) is 11.4 Å². The van der Waals surface area contributed by atoms with Gasteiger partial charge in [0, 0.05) is 18.6 Å². The fourth-order valence-corrected chi connectivity index (χ4v) is 1.46. The average Bonchev–Trinajstić information content (AvgIpc) is 2.37. The molecule has 6 heteroatoms. The number of rotatable bonds is 7. The molecule has 106 valence electrons. The zero-order chi connectivity index (χ0) is 14.5. The summed E-state index contributed by atoms with van der Waals surface area (Å²) < 4.78 is 5.25. The Morgan fingerprint density at radius 2 is 2.16 bits per heavy atom. The van der Waals surface area contributed by atoms with Crippen LogP contribution >= 0.6 is 0 Å². The molecular weight excluding hydrogens is 248 g/mol. The summed E-state index contributed by atoms with van der Waals surface area (Å²) in [4.78, 5) is 10.6. The average molecular weight is 268 g/mol. The first-order valence-electron chi connectivity index (χ1n) is 6.15. The summed E-state index contributed by atoms with van der Waals surface area (Å²) >= 11 is 0. The molecule has 1 aromatic carbocycles. The van der Waals surface area contributed by atoms with Crippen molar-refractivity contribution in [1.29, 1.82) is 0 Å². The summed E-state index contributed by atoms with van der Waals surface area (Å²) in [5.74, 6) is 0.473. The molecule has 0 amide bonds. The van der Waals surface area contributed by atoms with Crippen LogP contribution in [0.3, 0.4) is 0 Å². The van der Waals surface area contributed by atoms with Gasteiger partial charge < -0.3 is 15.2 Å². The maximum Gasteiger partial charge on any atom is 0.296 e. The van der Waals surface area contributed by atoms with E-state index in [4.69, 9.17) is 4.74 Å². The van der Waals surface area contributed by atoms with E-state index in [-0.39, 0.29) is 17.7 Å². The molecule has 0 heterocycles. The van der Waals surface area contributed by atoms with Crippen molar-refractivity contribution in [2.75, 3.05) is 25.1 Å². The van der Waals surface area contributed by atoms with Crippen molar-refractivity contribution in [3.8, 4) is 5.75 Å². The standard InChI is InChI=1S/C13H20N2O4/c1-4-19-10-5-6-11(12(7-10)15(17)18)14-8-13(2,3)9-16/h5-7,14,16H,4,8-9H2,1-3H3. The van der Waals surface area contributed by atoms with E-state index >= 15 is 0 Å². The molecule has 0 radical (unpaired) electrons. The lowest BCUT2D eigenvalue weighted by Crippen LogP contribution is -2.27. The molecular formula is C13H20N2O4. The second-order valence-corrected chi connectivity index (χ2v) is 5.04. The van der Waals surface area contributed by atoms with E-state index in [1.807, 2.05) is 20.8 Å². The first kappa shape index (κ1) is 15.2. The third-order valence-corrected chi connectivity index (χ3v) is 2.66. The van der Waals surface area contributed by atoms with Gasteiger partial charge in [0.05, 0.1) is 17.6 Å². The van der Waals surface area contributed by atoms with Crippen LogP contribution in [0.5, 0.6) is 5.75 Å². The minimum absolute atomic E-state index is 0.00479. The highest BCUT2D eigenvalue weighted by molar-refractivity contribution is 5.63. The van der Waals surface area contributed by atoms with Crippen LogP contribution in [0.15, 0.2) is 18.2 Å². The van der Waals surface area contributed by atoms with E-state index < -0.39 is 4.92 Å². The number of anilines is 1. The van der Waals surface area contributed by atoms with E-state index in [1.54, 1.807) is 12.1 Å². The van der Waals surface area contributed by atoms with Gasteiger partial charge >= 0.3 is 0 Å². The smallest absolute Gasteiger partial charge is 0.296 e. The van der Waals surface area contributed by atoms with Crippen molar-refractivity contribution in [2.24, 2.45) is 5.41 Å². The molecule has 2 N–H and O–H groups in total. The second kappa shape index (κ2) is 6.38. The van der Waals surface area contributed by atoms with Crippen LogP contribution in [-0.2, 0) is 0 Å². The van der Waals surface area contributed by atoms with Crippen molar-refractivity contribution in [2.45, 2.75) is 20.8 Å². The van der Waals surface area contributed by atoms with Crippen LogP contribution in [0.2, 0.25) is 0 Å². The maximum absolute atomic E-state index is 11.0. The lowest BCUT2D eigenvalue weighted by atomic mass is 9.95. The van der Waals surface area contributed by atoms with Crippen molar-refractivity contribution >= 4 is 11.4 Å². The molecule has 0 saturated carbocycles. The number of aliphatic hydroxyl groups excluding tert-OH is 1. The third kappa shape index (κ3) is 4.40. The molecule has 0 unspecified atom stereocenters. The van der Waals surface area contributed by atoms with Crippen molar-refractivity contribution in [3.63, 3.8) is 0 Å². The van der Waals surface area contributed by atoms with Gasteiger partial charge in [-0.3, -0.25) is 10.1 Å². The number of nitrogens with zero attached hydrogens (tertiary/aromatic N) is 1. The molecule has 1 aromatic rings. The van der Waals surface area contributed by atoms with Gasteiger partial charge in [0.15, 0.2) is 0 Å². The van der Waals surface area contributed by atoms with Crippen LogP contribution in [-0.4, -0.2) is 29.8 Å². The van der Waals surface area contributed by atoms with Crippen LogP contribution in [0.25, 0.3) is 0 Å². The van der Waals surface area contributed by atoms with E-state index in [1.165, 1.54) is 6.07 Å². The highest BCUT2D eigenvalue weighted by Gasteiger charge is 2.20. The number of nitro groups is 1. The summed E-state index contributed by atoms with van der Waals surface area (Å²) in [5.41, 5.74) is 0.0570. The normalized spacial score (nSPS) is 11.2. The maximum atomic E-state index is 11.0. The van der Waals surface area contributed by atoms with Crippen LogP contribution in [0.4, 0.5) is 11.4 Å². The fraction of sp³-hybridized carbons (Fsp3) is 0.538. The molecule has 0 aliphatic rings. The van der Waals surface area contributed by atoms with Crippen LogP contribution in [0, 0.1) is 15.5 Å². The number of hydrogen-bond acceptors (Lipinski definition) is 5. The number of nitrogens with one attached hydrogen (secondary N) is 1. The number of ether oxygens (including phenoxy) is 1. The van der Waals surface area contributed by atoms with Gasteiger partial charge in [-0.2, -0.15) is 0 Å². The molecule has 1 rings (SSSR count). The minimum atomic E-state index is -0.448. The molecule has 0 fully saturated rings. The van der Waals surface area contributed by atoms with Crippen LogP contribution in [0.1, 0.15) is 20.8 Å². The van der Waals surface area contributed by atoms with E-state index in [0.29, 0.717) is 24.6 Å². The monoisotopic (exact) mass is 268 g/mol. The van der Waals surface area contributed by atoms with Crippen molar-refractivity contribution in [1.82, 2.24) is 0 Å². The Bertz CT molecular complexity index is 446. The highest BCUT2D eigenvalue weighted by atomic mass is 16.6. The van der Waals surface area contributed by atoms with E-state index in [9.17, 15) is 15.2 Å². The fourth-order valence-electron chi connectivity index (χ4n) is 1.46. The number of benzene rings is 1. The summed E-state index contributed by atoms with van der Waals surface area (Å²) in [5, 5.41) is 23.2. The molecule has 0 aliphatic heterocycles. The number of aliphatic hydroxyl groups is 1. The first-order valence-corrected chi connectivity index (χ1v) is 6.15. The van der Waals surface area contributed by atoms with Crippen LogP contribution < -0.4 is 10.1 Å². The zero-order valence-electron chi connectivity index (χ0n) is 11.5. The molecule has 0 aliphatic carbocycles. The summed E-state index contributed by atoms with van der Waals surface area (Å²) in [6.07, 6.45) is 0. The topological polar surface area (TPSA) is 84.6 Å². The minimum Gasteiger partial charge on any atom is -0.494 e. The highest BCUT2D eigenvalue weighted by Crippen LogP contribution is 2.30. The predicted molar refractivity (Wildman–Crippen MR) is 73.6 cm³/mol. The van der Waals surface area contributed by atoms with Gasteiger partial charge in [-0.05, 0) is 19.1 Å².